The molecule has 1 aromatic heterocycles. The van der Waals surface area contributed by atoms with Gasteiger partial charge in [-0.2, -0.15) is 12.6 Å². The van der Waals surface area contributed by atoms with Crippen LogP contribution in [-0.4, -0.2) is 10.7 Å². The molecule has 4 heteroatoms. The quantitative estimate of drug-likeness (QED) is 0.655. The fourth-order valence-electron chi connectivity index (χ4n) is 0.840. The van der Waals surface area contributed by atoms with Crippen LogP contribution in [-0.2, 0) is 0 Å². The lowest BCUT2D eigenvalue weighted by Crippen LogP contribution is -1.80. The minimum atomic E-state index is 0.508. The lowest BCUT2D eigenvalue weighted by atomic mass is 10.2. The summed E-state index contributed by atoms with van der Waals surface area (Å²) in [4.78, 5) is 3.94. The van der Waals surface area contributed by atoms with Crippen molar-refractivity contribution in [1.82, 2.24) is 4.98 Å². The van der Waals surface area contributed by atoms with Crippen molar-refractivity contribution in [3.8, 4) is 0 Å². The van der Waals surface area contributed by atoms with Crippen molar-refractivity contribution in [2.24, 2.45) is 0 Å². The van der Waals surface area contributed by atoms with Crippen molar-refractivity contribution in [3.63, 3.8) is 0 Å². The molecule has 0 spiro atoms. The molecule has 13 heavy (non-hydrogen) atoms. The van der Waals surface area contributed by atoms with Gasteiger partial charge in [0, 0.05) is 10.7 Å². The molecule has 0 saturated heterocycles. The average Bonchev–Trinajstić information content (AvgIpc) is 2.11. The first kappa shape index (κ1) is 11.1. The van der Waals surface area contributed by atoms with Crippen molar-refractivity contribution in [2.45, 2.75) is 6.42 Å². The van der Waals surface area contributed by atoms with E-state index in [1.165, 1.54) is 0 Å². The van der Waals surface area contributed by atoms with Gasteiger partial charge in [-0.05, 0) is 39.7 Å². The summed E-state index contributed by atoms with van der Waals surface area (Å²) in [5.74, 6) is 0.854. The fourth-order valence-corrected chi connectivity index (χ4v) is 1.50. The second-order valence-corrected chi connectivity index (χ2v) is 4.13. The van der Waals surface area contributed by atoms with E-state index in [4.69, 9.17) is 11.6 Å². The van der Waals surface area contributed by atoms with Crippen molar-refractivity contribution >= 4 is 46.2 Å². The third-order valence-electron chi connectivity index (χ3n) is 1.44. The first-order valence-corrected chi connectivity index (χ1v) is 5.63. The standard InChI is InChI=1S/C9H9BrClNS/c10-8-6-12-9(11)5-7(8)3-1-2-4-13/h1,3,5-6,13H,2,4H2. The van der Waals surface area contributed by atoms with Gasteiger partial charge in [0.05, 0.1) is 0 Å². The van der Waals surface area contributed by atoms with E-state index in [0.717, 1.165) is 22.2 Å². The van der Waals surface area contributed by atoms with Crippen LogP contribution in [0.4, 0.5) is 0 Å². The molecule has 1 nitrogen and oxygen atoms in total. The summed E-state index contributed by atoms with van der Waals surface area (Å²) < 4.78 is 0.951. The Morgan fingerprint density at radius 1 is 1.62 bits per heavy atom. The van der Waals surface area contributed by atoms with E-state index in [0.29, 0.717) is 5.15 Å². The molecule has 0 N–H and O–H groups in total. The average molecular weight is 279 g/mol. The summed E-state index contributed by atoms with van der Waals surface area (Å²) in [7, 11) is 0. The highest BCUT2D eigenvalue weighted by atomic mass is 79.9. The number of aromatic nitrogens is 1. The molecule has 0 radical (unpaired) electrons. The number of halogens is 2. The van der Waals surface area contributed by atoms with Crippen molar-refractivity contribution in [2.75, 3.05) is 5.75 Å². The summed E-state index contributed by atoms with van der Waals surface area (Å²) in [5, 5.41) is 0.508. The molecule has 0 amide bonds. The number of allylic oxidation sites excluding steroid dienone is 1. The second kappa shape index (κ2) is 5.68. The number of hydrogen-bond acceptors (Lipinski definition) is 2. The van der Waals surface area contributed by atoms with Gasteiger partial charge in [-0.1, -0.05) is 23.8 Å². The maximum Gasteiger partial charge on any atom is 0.129 e. The molecule has 0 unspecified atom stereocenters. The Balaban J connectivity index is 2.81. The Labute approximate surface area is 96.7 Å². The van der Waals surface area contributed by atoms with E-state index in [-0.39, 0.29) is 0 Å². The summed E-state index contributed by atoms with van der Waals surface area (Å²) in [6.45, 7) is 0. The molecule has 0 aliphatic rings. The van der Waals surface area contributed by atoms with Gasteiger partial charge in [-0.3, -0.25) is 0 Å². The third-order valence-corrected chi connectivity index (χ3v) is 2.57. The zero-order chi connectivity index (χ0) is 9.68. The van der Waals surface area contributed by atoms with Crippen LogP contribution in [0.2, 0.25) is 5.15 Å². The minimum Gasteiger partial charge on any atom is -0.243 e. The second-order valence-electron chi connectivity index (χ2n) is 2.44. The first-order valence-electron chi connectivity index (χ1n) is 3.82. The summed E-state index contributed by atoms with van der Waals surface area (Å²) >= 11 is 13.3. The molecule has 0 aromatic carbocycles. The van der Waals surface area contributed by atoms with E-state index < -0.39 is 0 Å². The molecule has 1 rings (SSSR count). The maximum absolute atomic E-state index is 5.75. The SMILES string of the molecule is SCCC=Cc1cc(Cl)ncc1Br. The fraction of sp³-hybridized carbons (Fsp3) is 0.222. The van der Waals surface area contributed by atoms with Gasteiger partial charge in [-0.15, -0.1) is 0 Å². The normalized spacial score (nSPS) is 11.0. The Hall–Kier alpha value is 0.01000. The van der Waals surface area contributed by atoms with Gasteiger partial charge in [0.2, 0.25) is 0 Å². The molecular weight excluding hydrogens is 270 g/mol. The lowest BCUT2D eigenvalue weighted by Gasteiger charge is -1.97. The van der Waals surface area contributed by atoms with Crippen LogP contribution in [0.5, 0.6) is 0 Å². The van der Waals surface area contributed by atoms with Gasteiger partial charge in [0.1, 0.15) is 5.15 Å². The highest BCUT2D eigenvalue weighted by molar-refractivity contribution is 9.10. The number of rotatable bonds is 3. The molecule has 0 bridgehead atoms. The largest absolute Gasteiger partial charge is 0.243 e. The summed E-state index contributed by atoms with van der Waals surface area (Å²) in [6, 6.07) is 1.82. The van der Waals surface area contributed by atoms with Crippen LogP contribution in [0.3, 0.4) is 0 Å². The van der Waals surface area contributed by atoms with E-state index >= 15 is 0 Å². The van der Waals surface area contributed by atoms with Gasteiger partial charge >= 0.3 is 0 Å². The van der Waals surface area contributed by atoms with E-state index in [9.17, 15) is 0 Å². The van der Waals surface area contributed by atoms with Crippen LogP contribution in [0.15, 0.2) is 22.8 Å². The molecule has 0 atom stereocenters. The first-order chi connectivity index (χ1) is 6.24. The highest BCUT2D eigenvalue weighted by Gasteiger charge is 1.97. The van der Waals surface area contributed by atoms with Gasteiger partial charge in [0.25, 0.3) is 0 Å². The molecule has 1 heterocycles. The van der Waals surface area contributed by atoms with Crippen LogP contribution in [0.25, 0.3) is 6.08 Å². The molecule has 0 fully saturated rings. The number of thiol groups is 1. The summed E-state index contributed by atoms with van der Waals surface area (Å²) in [5.41, 5.74) is 1.04. The predicted octanol–water partition coefficient (Wildman–Crippen LogP) is 3.83. The number of nitrogens with zero attached hydrogens (tertiary/aromatic N) is 1. The Morgan fingerprint density at radius 3 is 3.08 bits per heavy atom. The smallest absolute Gasteiger partial charge is 0.129 e. The minimum absolute atomic E-state index is 0.508. The van der Waals surface area contributed by atoms with Gasteiger partial charge in [-0.25, -0.2) is 4.98 Å². The molecular formula is C9H9BrClNS. The van der Waals surface area contributed by atoms with Crippen LogP contribution in [0.1, 0.15) is 12.0 Å². The van der Waals surface area contributed by atoms with Crippen molar-refractivity contribution in [1.29, 1.82) is 0 Å². The molecule has 0 aliphatic heterocycles. The molecule has 0 aliphatic carbocycles. The molecule has 0 saturated carbocycles. The monoisotopic (exact) mass is 277 g/mol. The molecule has 70 valence electrons. The van der Waals surface area contributed by atoms with Crippen LogP contribution < -0.4 is 0 Å². The number of pyridine rings is 1. The Morgan fingerprint density at radius 2 is 2.38 bits per heavy atom. The van der Waals surface area contributed by atoms with E-state index in [2.05, 4.69) is 39.6 Å². The van der Waals surface area contributed by atoms with Crippen molar-refractivity contribution in [3.05, 3.63) is 33.5 Å². The van der Waals surface area contributed by atoms with E-state index in [1.54, 1.807) is 6.20 Å². The van der Waals surface area contributed by atoms with Gasteiger partial charge < -0.3 is 0 Å². The predicted molar refractivity (Wildman–Crippen MR) is 64.5 cm³/mol. The topological polar surface area (TPSA) is 12.9 Å². The zero-order valence-electron chi connectivity index (χ0n) is 6.87. The summed E-state index contributed by atoms with van der Waals surface area (Å²) in [6.07, 6.45) is 6.72. The molecule has 1 aromatic rings. The third kappa shape index (κ3) is 3.71. The lowest BCUT2D eigenvalue weighted by molar-refractivity contribution is 1.26. The van der Waals surface area contributed by atoms with E-state index in [1.807, 2.05) is 12.1 Å². The van der Waals surface area contributed by atoms with Crippen molar-refractivity contribution < 1.29 is 0 Å². The van der Waals surface area contributed by atoms with Gasteiger partial charge in [0.15, 0.2) is 0 Å². The number of hydrogen-bond donors (Lipinski definition) is 1. The van der Waals surface area contributed by atoms with Crippen LogP contribution in [0, 0.1) is 0 Å². The zero-order valence-corrected chi connectivity index (χ0v) is 10.1. The Bertz CT molecular complexity index is 314. The maximum atomic E-state index is 5.75. The Kier molecular flexibility index (Phi) is 4.84. The highest BCUT2D eigenvalue weighted by Crippen LogP contribution is 2.20. The van der Waals surface area contributed by atoms with Crippen LogP contribution >= 0.6 is 40.2 Å².